The predicted molar refractivity (Wildman–Crippen MR) is 116 cm³/mol. The number of carbonyl (C=O) groups excluding carboxylic acids is 2. The maximum Gasteiger partial charge on any atom is 0.338 e. The second-order valence-corrected chi connectivity index (χ2v) is 8.34. The number of hydrogen-bond donors (Lipinski definition) is 0. The molecule has 2 aromatic carbocycles. The molecule has 1 heterocycles. The Balaban J connectivity index is 2.11. The number of ether oxygens (including phenoxy) is 1. The van der Waals surface area contributed by atoms with Gasteiger partial charge >= 0.3 is 5.97 Å². The van der Waals surface area contributed by atoms with E-state index in [1.807, 2.05) is 6.92 Å². The normalized spacial score (nSPS) is 12.4. The Labute approximate surface area is 175 Å². The van der Waals surface area contributed by atoms with E-state index in [1.54, 1.807) is 61.5 Å². The number of hydrogen-bond acceptors (Lipinski definition) is 5. The lowest BCUT2D eigenvalue weighted by Gasteiger charge is -2.07. The van der Waals surface area contributed by atoms with E-state index in [0.717, 1.165) is 11.6 Å². The summed E-state index contributed by atoms with van der Waals surface area (Å²) in [7, 11) is -3.81. The zero-order valence-electron chi connectivity index (χ0n) is 16.6. The van der Waals surface area contributed by atoms with Crippen molar-refractivity contribution in [1.82, 2.24) is 3.97 Å². The molecule has 0 atom stereocenters. The van der Waals surface area contributed by atoms with Crippen molar-refractivity contribution in [3.63, 3.8) is 0 Å². The Morgan fingerprint density at radius 1 is 1.10 bits per heavy atom. The van der Waals surface area contributed by atoms with Crippen molar-refractivity contribution in [1.29, 1.82) is 0 Å². The van der Waals surface area contributed by atoms with Crippen LogP contribution in [-0.4, -0.2) is 31.3 Å². The van der Waals surface area contributed by atoms with Crippen LogP contribution in [0.15, 0.2) is 77.3 Å². The van der Waals surface area contributed by atoms with Crippen molar-refractivity contribution in [2.75, 3.05) is 6.61 Å². The fourth-order valence-electron chi connectivity index (χ4n) is 2.99. The molecule has 3 rings (SSSR count). The van der Waals surface area contributed by atoms with Gasteiger partial charge in [0.25, 0.3) is 10.0 Å². The van der Waals surface area contributed by atoms with Crippen LogP contribution >= 0.6 is 0 Å². The van der Waals surface area contributed by atoms with E-state index in [1.165, 1.54) is 16.2 Å². The van der Waals surface area contributed by atoms with Gasteiger partial charge in [-0.3, -0.25) is 4.79 Å². The van der Waals surface area contributed by atoms with Crippen molar-refractivity contribution < 1.29 is 22.7 Å². The number of aromatic nitrogens is 1. The summed E-state index contributed by atoms with van der Waals surface area (Å²) in [5.41, 5.74) is 2.13. The van der Waals surface area contributed by atoms with Crippen molar-refractivity contribution in [2.45, 2.75) is 18.7 Å². The zero-order chi connectivity index (χ0) is 21.7. The average Bonchev–Trinajstić information content (AvgIpc) is 3.11. The van der Waals surface area contributed by atoms with E-state index in [2.05, 4.69) is 0 Å². The maximum atomic E-state index is 13.2. The molecule has 154 valence electrons. The van der Waals surface area contributed by atoms with Crippen LogP contribution in [0.25, 0.3) is 17.0 Å². The lowest BCUT2D eigenvalue weighted by molar-refractivity contribution is -0.138. The van der Waals surface area contributed by atoms with Gasteiger partial charge in [0.1, 0.15) is 6.29 Å². The molecule has 0 amide bonds. The Morgan fingerprint density at radius 2 is 1.80 bits per heavy atom. The van der Waals surface area contributed by atoms with Crippen LogP contribution < -0.4 is 0 Å². The van der Waals surface area contributed by atoms with Gasteiger partial charge in [-0.2, -0.15) is 0 Å². The highest BCUT2D eigenvalue weighted by Crippen LogP contribution is 2.27. The first-order valence-electron chi connectivity index (χ1n) is 9.31. The summed E-state index contributed by atoms with van der Waals surface area (Å²) in [6.45, 7) is 3.74. The molecule has 0 N–H and O–H groups in total. The Bertz CT molecular complexity index is 1250. The summed E-state index contributed by atoms with van der Waals surface area (Å²) in [4.78, 5) is 23.0. The van der Waals surface area contributed by atoms with Crippen molar-refractivity contribution in [2.24, 2.45) is 0 Å². The Hall–Kier alpha value is -3.45. The van der Waals surface area contributed by atoms with Crippen molar-refractivity contribution in [3.05, 3.63) is 83.6 Å². The van der Waals surface area contributed by atoms with Crippen LogP contribution in [-0.2, 0) is 24.3 Å². The Kier molecular flexibility index (Phi) is 6.32. The molecule has 0 aliphatic carbocycles. The van der Waals surface area contributed by atoms with E-state index in [9.17, 15) is 18.0 Å². The number of esters is 1. The minimum absolute atomic E-state index is 0.0741. The molecule has 6 nitrogen and oxygen atoms in total. The van der Waals surface area contributed by atoms with Gasteiger partial charge in [-0.15, -0.1) is 0 Å². The molecule has 0 aliphatic heterocycles. The number of aldehydes is 1. The van der Waals surface area contributed by atoms with Crippen molar-refractivity contribution in [3.8, 4) is 0 Å². The molecule has 0 unspecified atom stereocenters. The number of fused-ring (bicyclic) bond motifs is 1. The first-order chi connectivity index (χ1) is 14.4. The summed E-state index contributed by atoms with van der Waals surface area (Å²) < 4.78 is 32.6. The summed E-state index contributed by atoms with van der Waals surface area (Å²) in [6, 6.07) is 13.7. The van der Waals surface area contributed by atoms with Crippen LogP contribution in [0.3, 0.4) is 0 Å². The predicted octanol–water partition coefficient (Wildman–Crippen LogP) is 3.89. The minimum Gasteiger partial charge on any atom is -0.462 e. The highest BCUT2D eigenvalue weighted by molar-refractivity contribution is 7.90. The summed E-state index contributed by atoms with van der Waals surface area (Å²) in [5, 5.41) is 0.693. The third-order valence-corrected chi connectivity index (χ3v) is 6.18. The number of allylic oxidation sites excluding steroid dienone is 1. The topological polar surface area (TPSA) is 82.4 Å². The van der Waals surface area contributed by atoms with Gasteiger partial charge in [0, 0.05) is 17.1 Å². The molecule has 0 spiro atoms. The third-order valence-electron chi connectivity index (χ3n) is 4.49. The highest BCUT2D eigenvalue weighted by Gasteiger charge is 2.20. The number of aryl methyl sites for hydroxylation is 1. The van der Waals surface area contributed by atoms with Crippen LogP contribution in [0.1, 0.15) is 18.1 Å². The quantitative estimate of drug-likeness (QED) is 0.249. The molecule has 0 aliphatic rings. The molecule has 3 aromatic rings. The first kappa shape index (κ1) is 21.3. The van der Waals surface area contributed by atoms with Gasteiger partial charge in [-0.05, 0) is 44.2 Å². The second-order valence-electron chi connectivity index (χ2n) is 6.53. The average molecular weight is 423 g/mol. The molecular formula is C23H21NO5S. The molecular weight excluding hydrogens is 402 g/mol. The van der Waals surface area contributed by atoms with Crippen molar-refractivity contribution >= 4 is 39.3 Å². The third kappa shape index (κ3) is 4.26. The number of benzene rings is 2. The Morgan fingerprint density at radius 3 is 2.47 bits per heavy atom. The van der Waals surface area contributed by atoms with E-state index >= 15 is 0 Å². The number of rotatable bonds is 7. The van der Waals surface area contributed by atoms with Crippen LogP contribution in [0.5, 0.6) is 0 Å². The second kappa shape index (κ2) is 8.92. The standard InChI is InChI=1S/C23H21NO5S/c1-3-29-23(26)18(14-15-25)10-11-19-16-24(22-7-5-4-6-21(19)22)30(27,28)20-12-8-17(2)9-13-20/h4-16H,3H2,1-2H3/b11-10+,18-14+. The van der Waals surface area contributed by atoms with Crippen LogP contribution in [0.2, 0.25) is 0 Å². The van der Waals surface area contributed by atoms with E-state index in [-0.39, 0.29) is 17.1 Å². The fourth-order valence-corrected chi connectivity index (χ4v) is 4.37. The maximum absolute atomic E-state index is 13.2. The fraction of sp³-hybridized carbons (Fsp3) is 0.130. The lowest BCUT2D eigenvalue weighted by Crippen LogP contribution is -2.11. The molecule has 0 saturated carbocycles. The molecule has 30 heavy (non-hydrogen) atoms. The number of para-hydroxylation sites is 1. The molecule has 0 fully saturated rings. The minimum atomic E-state index is -3.81. The highest BCUT2D eigenvalue weighted by atomic mass is 32.2. The number of carbonyl (C=O) groups is 2. The first-order valence-corrected chi connectivity index (χ1v) is 10.8. The monoisotopic (exact) mass is 423 g/mol. The molecule has 0 saturated heterocycles. The lowest BCUT2D eigenvalue weighted by atomic mass is 10.1. The molecule has 7 heteroatoms. The van der Waals surface area contributed by atoms with E-state index in [0.29, 0.717) is 22.8 Å². The molecule has 1 aromatic heterocycles. The van der Waals surface area contributed by atoms with Crippen LogP contribution in [0, 0.1) is 6.92 Å². The zero-order valence-corrected chi connectivity index (χ0v) is 17.4. The smallest absolute Gasteiger partial charge is 0.338 e. The molecule has 0 bridgehead atoms. The summed E-state index contributed by atoms with van der Waals surface area (Å²) in [5.74, 6) is -0.628. The summed E-state index contributed by atoms with van der Waals surface area (Å²) >= 11 is 0. The molecule has 0 radical (unpaired) electrons. The van der Waals surface area contributed by atoms with Gasteiger partial charge in [0.05, 0.1) is 22.6 Å². The SMILES string of the molecule is CCOC(=O)C(/C=C/c1cn(S(=O)(=O)c2ccc(C)cc2)c2ccccc12)=C/C=O. The van der Waals surface area contributed by atoms with E-state index < -0.39 is 16.0 Å². The summed E-state index contributed by atoms with van der Waals surface area (Å²) in [6.07, 6.45) is 6.14. The number of nitrogens with zero attached hydrogens (tertiary/aromatic N) is 1. The van der Waals surface area contributed by atoms with Gasteiger partial charge < -0.3 is 4.74 Å². The van der Waals surface area contributed by atoms with Gasteiger partial charge in [0.15, 0.2) is 0 Å². The van der Waals surface area contributed by atoms with Gasteiger partial charge in [0.2, 0.25) is 0 Å². The van der Waals surface area contributed by atoms with Crippen LogP contribution in [0.4, 0.5) is 0 Å². The van der Waals surface area contributed by atoms with Gasteiger partial charge in [-0.25, -0.2) is 17.2 Å². The van der Waals surface area contributed by atoms with E-state index in [4.69, 9.17) is 4.74 Å². The van der Waals surface area contributed by atoms with Gasteiger partial charge in [-0.1, -0.05) is 42.0 Å². The largest absolute Gasteiger partial charge is 0.462 e.